The van der Waals surface area contributed by atoms with Crippen LogP contribution in [0.25, 0.3) is 6.08 Å². The van der Waals surface area contributed by atoms with Gasteiger partial charge in [-0.05, 0) is 31.7 Å². The second kappa shape index (κ2) is 11.4. The number of benzene rings is 1. The molecule has 0 aromatic heterocycles. The first-order chi connectivity index (χ1) is 12.0. The number of rotatable bonds is 10. The number of aryl methyl sites for hydroxylation is 1. The van der Waals surface area contributed by atoms with Crippen molar-refractivity contribution in [2.24, 2.45) is 0 Å². The molecule has 1 rings (SSSR count). The number of hydrogen-bond acceptors (Lipinski definition) is 4. The molecule has 5 nitrogen and oxygen atoms in total. The zero-order valence-corrected chi connectivity index (χ0v) is 15.8. The largest absolute Gasteiger partial charge is 0.469 e. The Kier molecular flexibility index (Phi) is 9.55. The lowest BCUT2D eigenvalue weighted by Gasteiger charge is -2.25. The second-order valence-electron chi connectivity index (χ2n) is 5.92. The van der Waals surface area contributed by atoms with Gasteiger partial charge in [-0.25, -0.2) is 0 Å². The number of likely N-dealkylation sites (N-methyl/N-ethyl adjacent to an activating group) is 1. The van der Waals surface area contributed by atoms with E-state index in [0.29, 0.717) is 13.1 Å². The van der Waals surface area contributed by atoms with E-state index in [1.54, 1.807) is 11.0 Å². The van der Waals surface area contributed by atoms with E-state index in [2.05, 4.69) is 23.5 Å². The van der Waals surface area contributed by atoms with Crippen molar-refractivity contribution in [3.8, 4) is 0 Å². The molecule has 0 atom stereocenters. The minimum Gasteiger partial charge on any atom is -0.469 e. The normalized spacial score (nSPS) is 11.1. The van der Waals surface area contributed by atoms with Crippen molar-refractivity contribution >= 4 is 18.0 Å². The summed E-state index contributed by atoms with van der Waals surface area (Å²) < 4.78 is 4.68. The summed E-state index contributed by atoms with van der Waals surface area (Å²) >= 11 is 0. The van der Waals surface area contributed by atoms with Crippen LogP contribution >= 0.6 is 0 Å². The molecule has 0 N–H and O–H groups in total. The van der Waals surface area contributed by atoms with Crippen LogP contribution in [0.5, 0.6) is 0 Å². The number of ether oxygens (including phenoxy) is 1. The zero-order valence-electron chi connectivity index (χ0n) is 15.8. The van der Waals surface area contributed by atoms with Gasteiger partial charge >= 0.3 is 5.97 Å². The predicted molar refractivity (Wildman–Crippen MR) is 101 cm³/mol. The van der Waals surface area contributed by atoms with Gasteiger partial charge in [-0.1, -0.05) is 43.7 Å². The van der Waals surface area contributed by atoms with Crippen LogP contribution in [0.1, 0.15) is 31.4 Å². The standard InChI is InChI=1S/C20H30N2O3/c1-5-21(6-2)15-16-22(14-13-20(24)25-4)19(23)12-11-18-9-7-17(3)8-10-18/h7-12H,5-6,13-16H2,1-4H3/b12-11+. The van der Waals surface area contributed by atoms with Crippen molar-refractivity contribution < 1.29 is 14.3 Å². The molecule has 0 aliphatic rings. The third kappa shape index (κ3) is 7.98. The molecule has 138 valence electrons. The maximum Gasteiger partial charge on any atom is 0.307 e. The van der Waals surface area contributed by atoms with Crippen molar-refractivity contribution in [2.45, 2.75) is 27.2 Å². The molecule has 0 radical (unpaired) electrons. The fourth-order valence-electron chi connectivity index (χ4n) is 2.41. The molecule has 5 heteroatoms. The summed E-state index contributed by atoms with van der Waals surface area (Å²) in [6.07, 6.45) is 3.59. The summed E-state index contributed by atoms with van der Waals surface area (Å²) in [4.78, 5) is 27.9. The van der Waals surface area contributed by atoms with Crippen LogP contribution in [0.4, 0.5) is 0 Å². The molecule has 1 aromatic rings. The zero-order chi connectivity index (χ0) is 18.7. The molecule has 0 fully saturated rings. The quantitative estimate of drug-likeness (QED) is 0.483. The molecule has 0 bridgehead atoms. The van der Waals surface area contributed by atoms with Crippen LogP contribution in [0.15, 0.2) is 30.3 Å². The highest BCUT2D eigenvalue weighted by Gasteiger charge is 2.14. The lowest BCUT2D eigenvalue weighted by atomic mass is 10.1. The summed E-state index contributed by atoms with van der Waals surface area (Å²) in [5, 5.41) is 0. The first-order valence-electron chi connectivity index (χ1n) is 8.83. The Morgan fingerprint density at radius 1 is 1.04 bits per heavy atom. The van der Waals surface area contributed by atoms with E-state index < -0.39 is 0 Å². The number of hydrogen-bond donors (Lipinski definition) is 0. The highest BCUT2D eigenvalue weighted by molar-refractivity contribution is 5.92. The van der Waals surface area contributed by atoms with Gasteiger partial charge in [-0.2, -0.15) is 0 Å². The topological polar surface area (TPSA) is 49.9 Å². The highest BCUT2D eigenvalue weighted by Crippen LogP contribution is 2.06. The summed E-state index contributed by atoms with van der Waals surface area (Å²) in [6.45, 7) is 9.85. The number of esters is 1. The third-order valence-corrected chi connectivity index (χ3v) is 4.20. The number of methoxy groups -OCH3 is 1. The van der Waals surface area contributed by atoms with Crippen LogP contribution in [0.3, 0.4) is 0 Å². The van der Waals surface area contributed by atoms with E-state index in [0.717, 1.165) is 25.2 Å². The Hall–Kier alpha value is -2.14. The van der Waals surface area contributed by atoms with E-state index in [-0.39, 0.29) is 18.3 Å². The van der Waals surface area contributed by atoms with E-state index in [9.17, 15) is 9.59 Å². The second-order valence-corrected chi connectivity index (χ2v) is 5.92. The lowest BCUT2D eigenvalue weighted by Crippen LogP contribution is -2.39. The molecular weight excluding hydrogens is 316 g/mol. The smallest absolute Gasteiger partial charge is 0.307 e. The van der Waals surface area contributed by atoms with Gasteiger partial charge in [-0.3, -0.25) is 9.59 Å². The van der Waals surface area contributed by atoms with E-state index in [1.165, 1.54) is 12.7 Å². The van der Waals surface area contributed by atoms with Crippen LogP contribution in [0, 0.1) is 6.92 Å². The van der Waals surface area contributed by atoms with Crippen molar-refractivity contribution in [3.63, 3.8) is 0 Å². The maximum atomic E-state index is 12.5. The average molecular weight is 346 g/mol. The SMILES string of the molecule is CCN(CC)CCN(CCC(=O)OC)C(=O)/C=C/c1ccc(C)cc1. The van der Waals surface area contributed by atoms with E-state index in [4.69, 9.17) is 0 Å². The molecule has 0 aliphatic carbocycles. The molecule has 0 unspecified atom stereocenters. The monoisotopic (exact) mass is 346 g/mol. The summed E-state index contributed by atoms with van der Waals surface area (Å²) in [6, 6.07) is 7.99. The number of carbonyl (C=O) groups excluding carboxylic acids is 2. The molecule has 0 aliphatic heterocycles. The summed E-state index contributed by atoms with van der Waals surface area (Å²) in [7, 11) is 1.36. The number of amides is 1. The molecule has 0 saturated carbocycles. The fourth-order valence-corrected chi connectivity index (χ4v) is 2.41. The Morgan fingerprint density at radius 2 is 1.68 bits per heavy atom. The van der Waals surface area contributed by atoms with Gasteiger partial charge in [0, 0.05) is 25.7 Å². The van der Waals surface area contributed by atoms with Crippen molar-refractivity contribution in [3.05, 3.63) is 41.5 Å². The Labute approximate surface area is 151 Å². The van der Waals surface area contributed by atoms with Gasteiger partial charge in [0.05, 0.1) is 13.5 Å². The Bertz CT molecular complexity index is 563. The Balaban J connectivity index is 2.72. The lowest BCUT2D eigenvalue weighted by molar-refractivity contribution is -0.141. The highest BCUT2D eigenvalue weighted by atomic mass is 16.5. The number of nitrogens with zero attached hydrogens (tertiary/aromatic N) is 2. The van der Waals surface area contributed by atoms with Gasteiger partial charge < -0.3 is 14.5 Å². The van der Waals surface area contributed by atoms with Gasteiger partial charge in [0.25, 0.3) is 0 Å². The minimum absolute atomic E-state index is 0.0864. The van der Waals surface area contributed by atoms with Gasteiger partial charge in [0.2, 0.25) is 5.91 Å². The van der Waals surface area contributed by atoms with Crippen LogP contribution in [-0.2, 0) is 14.3 Å². The molecule has 0 heterocycles. The van der Waals surface area contributed by atoms with E-state index >= 15 is 0 Å². The van der Waals surface area contributed by atoms with Crippen LogP contribution in [-0.4, -0.2) is 61.5 Å². The maximum absolute atomic E-state index is 12.5. The fraction of sp³-hybridized carbons (Fsp3) is 0.500. The van der Waals surface area contributed by atoms with Crippen molar-refractivity contribution in [1.29, 1.82) is 0 Å². The Morgan fingerprint density at radius 3 is 2.24 bits per heavy atom. The van der Waals surface area contributed by atoms with Crippen molar-refractivity contribution in [2.75, 3.05) is 39.8 Å². The molecule has 0 spiro atoms. The van der Waals surface area contributed by atoms with Gasteiger partial charge in [0.15, 0.2) is 0 Å². The molecule has 0 saturated heterocycles. The molecule has 1 amide bonds. The summed E-state index contributed by atoms with van der Waals surface area (Å²) in [5.74, 6) is -0.389. The van der Waals surface area contributed by atoms with Crippen molar-refractivity contribution in [1.82, 2.24) is 9.80 Å². The first kappa shape index (κ1) is 20.9. The molecule has 1 aromatic carbocycles. The summed E-state index contributed by atoms with van der Waals surface area (Å²) in [5.41, 5.74) is 2.16. The van der Waals surface area contributed by atoms with Gasteiger partial charge in [0.1, 0.15) is 0 Å². The number of carbonyl (C=O) groups is 2. The molecular formula is C20H30N2O3. The minimum atomic E-state index is -0.303. The predicted octanol–water partition coefficient (Wildman–Crippen LogP) is 2.74. The van der Waals surface area contributed by atoms with Crippen LogP contribution < -0.4 is 0 Å². The first-order valence-corrected chi connectivity index (χ1v) is 8.83. The third-order valence-electron chi connectivity index (χ3n) is 4.20. The average Bonchev–Trinajstić information content (AvgIpc) is 2.63. The van der Waals surface area contributed by atoms with E-state index in [1.807, 2.05) is 37.3 Å². The van der Waals surface area contributed by atoms with Gasteiger partial charge in [-0.15, -0.1) is 0 Å². The van der Waals surface area contributed by atoms with Crippen LogP contribution in [0.2, 0.25) is 0 Å². The molecule has 25 heavy (non-hydrogen) atoms.